The summed E-state index contributed by atoms with van der Waals surface area (Å²) in [6.45, 7) is 7.11. The molecule has 6 nitrogen and oxygen atoms in total. The van der Waals surface area contributed by atoms with Crippen molar-refractivity contribution in [2.24, 2.45) is 0 Å². The van der Waals surface area contributed by atoms with Gasteiger partial charge in [-0.3, -0.25) is 5.41 Å². The molecule has 2 aromatic rings. The minimum Gasteiger partial charge on any atom is -0.455 e. The molecule has 0 saturated heterocycles. The van der Waals surface area contributed by atoms with Gasteiger partial charge in [-0.05, 0) is 27.2 Å². The normalized spacial score (nSPS) is 12.7. The standard InChI is InChI=1S/C17H20BN3O3/c1-5-12(13(19)16(22)24-17(2,3)4)15-21-20-14(23-15)10-6-8-11(18)9-7-10/h6-9,12,19H,5H2,1-4H3/t12-/m0/s1. The highest BCUT2D eigenvalue weighted by Gasteiger charge is 2.30. The third-order valence-corrected chi connectivity index (χ3v) is 3.27. The first-order chi connectivity index (χ1) is 11.2. The molecule has 0 bridgehead atoms. The first kappa shape index (κ1) is 17.9. The fourth-order valence-corrected chi connectivity index (χ4v) is 2.10. The lowest BCUT2D eigenvalue weighted by atomic mass is 9.95. The van der Waals surface area contributed by atoms with Gasteiger partial charge >= 0.3 is 5.97 Å². The molecule has 0 fully saturated rings. The minimum atomic E-state index is -0.679. The molecule has 0 saturated carbocycles. The number of rotatable bonds is 5. The molecule has 0 amide bonds. The Labute approximate surface area is 142 Å². The number of carbonyl (C=O) groups excluding carboxylic acids is 1. The fraction of sp³-hybridized carbons (Fsp3) is 0.412. The minimum absolute atomic E-state index is 0.195. The smallest absolute Gasteiger partial charge is 0.353 e. The molecule has 0 aliphatic heterocycles. The molecule has 1 aromatic heterocycles. The Bertz CT molecular complexity index is 732. The Kier molecular flexibility index (Phi) is 5.21. The lowest BCUT2D eigenvalue weighted by molar-refractivity contribution is -0.146. The van der Waals surface area contributed by atoms with Gasteiger partial charge < -0.3 is 9.15 Å². The van der Waals surface area contributed by atoms with E-state index in [4.69, 9.17) is 22.4 Å². The van der Waals surface area contributed by atoms with Crippen molar-refractivity contribution in [1.29, 1.82) is 5.41 Å². The first-order valence-electron chi connectivity index (χ1n) is 7.72. The van der Waals surface area contributed by atoms with Crippen molar-refractivity contribution >= 4 is 25.0 Å². The molecule has 0 aliphatic rings. The van der Waals surface area contributed by atoms with Crippen LogP contribution in [-0.2, 0) is 9.53 Å². The van der Waals surface area contributed by atoms with E-state index in [0.717, 1.165) is 5.56 Å². The Morgan fingerprint density at radius 2 is 1.92 bits per heavy atom. The van der Waals surface area contributed by atoms with Gasteiger partial charge in [0.25, 0.3) is 0 Å². The summed E-state index contributed by atoms with van der Waals surface area (Å²) in [6.07, 6.45) is 0.474. The molecular weight excluding hydrogens is 305 g/mol. The van der Waals surface area contributed by atoms with Gasteiger partial charge in [0.05, 0.1) is 5.92 Å². The van der Waals surface area contributed by atoms with Crippen LogP contribution < -0.4 is 5.46 Å². The third kappa shape index (κ3) is 4.31. The van der Waals surface area contributed by atoms with Crippen LogP contribution in [0.2, 0.25) is 0 Å². The second-order valence-corrected chi connectivity index (χ2v) is 6.44. The summed E-state index contributed by atoms with van der Waals surface area (Å²) in [5, 5.41) is 16.1. The number of nitrogens with zero attached hydrogens (tertiary/aromatic N) is 2. The van der Waals surface area contributed by atoms with E-state index in [1.54, 1.807) is 45.0 Å². The zero-order valence-corrected chi connectivity index (χ0v) is 14.3. The quantitative estimate of drug-likeness (QED) is 0.518. The van der Waals surface area contributed by atoms with Gasteiger partial charge in [0, 0.05) is 5.56 Å². The second-order valence-electron chi connectivity index (χ2n) is 6.44. The molecule has 2 rings (SSSR count). The Balaban J connectivity index is 2.21. The summed E-state index contributed by atoms with van der Waals surface area (Å²) in [5.74, 6) is -0.739. The number of hydrogen-bond donors (Lipinski definition) is 1. The lowest BCUT2D eigenvalue weighted by Crippen LogP contribution is -2.31. The maximum Gasteiger partial charge on any atom is 0.353 e. The van der Waals surface area contributed by atoms with Crippen LogP contribution >= 0.6 is 0 Å². The van der Waals surface area contributed by atoms with E-state index in [-0.39, 0.29) is 11.6 Å². The van der Waals surface area contributed by atoms with E-state index in [1.165, 1.54) is 0 Å². The summed E-state index contributed by atoms with van der Waals surface area (Å²) < 4.78 is 10.9. The number of esters is 1. The highest BCUT2D eigenvalue weighted by atomic mass is 16.6. The molecule has 0 aliphatic carbocycles. The van der Waals surface area contributed by atoms with Gasteiger partial charge in [0.15, 0.2) is 0 Å². The largest absolute Gasteiger partial charge is 0.455 e. The third-order valence-electron chi connectivity index (χ3n) is 3.27. The summed E-state index contributed by atoms with van der Waals surface area (Å²) in [5.41, 5.74) is 0.504. The van der Waals surface area contributed by atoms with Gasteiger partial charge in [-0.25, -0.2) is 4.79 Å². The second kappa shape index (κ2) is 6.99. The molecule has 0 spiro atoms. The topological polar surface area (TPSA) is 89.1 Å². The van der Waals surface area contributed by atoms with Crippen LogP contribution in [0.5, 0.6) is 0 Å². The number of aromatic nitrogens is 2. The molecule has 1 heterocycles. The first-order valence-corrected chi connectivity index (χ1v) is 7.72. The van der Waals surface area contributed by atoms with E-state index in [9.17, 15) is 4.79 Å². The zero-order valence-electron chi connectivity index (χ0n) is 14.3. The predicted molar refractivity (Wildman–Crippen MR) is 91.7 cm³/mol. The van der Waals surface area contributed by atoms with Crippen LogP contribution in [0.3, 0.4) is 0 Å². The number of hydrogen-bond acceptors (Lipinski definition) is 6. The van der Waals surface area contributed by atoms with Gasteiger partial charge in [-0.2, -0.15) is 0 Å². The van der Waals surface area contributed by atoms with Crippen LogP contribution in [0.25, 0.3) is 11.5 Å². The molecular formula is C17H20BN3O3. The van der Waals surface area contributed by atoms with E-state index in [1.807, 2.05) is 6.92 Å². The summed E-state index contributed by atoms with van der Waals surface area (Å²) in [6, 6.07) is 7.01. The highest BCUT2D eigenvalue weighted by Crippen LogP contribution is 2.25. The molecule has 24 heavy (non-hydrogen) atoms. The SMILES string of the molecule is [B]c1ccc(-c2nnc([C@@H](CC)C(=N)C(=O)OC(C)(C)C)o2)cc1. The maximum atomic E-state index is 12.1. The van der Waals surface area contributed by atoms with Crippen molar-refractivity contribution < 1.29 is 13.9 Å². The molecule has 2 radical (unpaired) electrons. The molecule has 7 heteroatoms. The van der Waals surface area contributed by atoms with Gasteiger partial charge in [-0.1, -0.05) is 36.7 Å². The predicted octanol–water partition coefficient (Wildman–Crippen LogP) is 2.39. The van der Waals surface area contributed by atoms with Crippen molar-refractivity contribution in [1.82, 2.24) is 10.2 Å². The highest BCUT2D eigenvalue weighted by molar-refractivity contribution is 6.37. The van der Waals surface area contributed by atoms with Crippen molar-refractivity contribution in [3.8, 4) is 11.5 Å². The van der Waals surface area contributed by atoms with Gasteiger partial charge in [-0.15, -0.1) is 10.2 Å². The molecule has 124 valence electrons. The average molecular weight is 325 g/mol. The van der Waals surface area contributed by atoms with E-state index >= 15 is 0 Å². The fourth-order valence-electron chi connectivity index (χ4n) is 2.10. The van der Waals surface area contributed by atoms with Crippen molar-refractivity contribution in [3.05, 3.63) is 30.2 Å². The van der Waals surface area contributed by atoms with Crippen LogP contribution in [0.4, 0.5) is 0 Å². The maximum absolute atomic E-state index is 12.1. The van der Waals surface area contributed by atoms with E-state index < -0.39 is 17.5 Å². The number of nitrogens with one attached hydrogen (secondary N) is 1. The van der Waals surface area contributed by atoms with Crippen LogP contribution in [0, 0.1) is 5.41 Å². The van der Waals surface area contributed by atoms with E-state index in [0.29, 0.717) is 17.8 Å². The van der Waals surface area contributed by atoms with Crippen LogP contribution in [0.1, 0.15) is 45.9 Å². The Morgan fingerprint density at radius 3 is 2.46 bits per heavy atom. The summed E-state index contributed by atoms with van der Waals surface area (Å²) in [4.78, 5) is 12.1. The molecule has 0 unspecified atom stereocenters. The van der Waals surface area contributed by atoms with Gasteiger partial charge in [0.2, 0.25) is 11.8 Å². The van der Waals surface area contributed by atoms with Crippen LogP contribution in [0.15, 0.2) is 28.7 Å². The van der Waals surface area contributed by atoms with Crippen LogP contribution in [-0.4, -0.2) is 35.3 Å². The number of benzene rings is 1. The van der Waals surface area contributed by atoms with E-state index in [2.05, 4.69) is 10.2 Å². The summed E-state index contributed by atoms with van der Waals surface area (Å²) >= 11 is 0. The molecule has 1 aromatic carbocycles. The van der Waals surface area contributed by atoms with Gasteiger partial charge in [0.1, 0.15) is 19.2 Å². The average Bonchev–Trinajstić information content (AvgIpc) is 2.96. The van der Waals surface area contributed by atoms with Crippen molar-refractivity contribution in [3.63, 3.8) is 0 Å². The Morgan fingerprint density at radius 1 is 1.29 bits per heavy atom. The number of ether oxygens (including phenoxy) is 1. The molecule has 1 atom stereocenters. The Hall–Kier alpha value is -2.44. The van der Waals surface area contributed by atoms with Crippen molar-refractivity contribution in [2.45, 2.75) is 45.6 Å². The molecule has 1 N–H and O–H groups in total. The lowest BCUT2D eigenvalue weighted by Gasteiger charge is -2.21. The number of carbonyl (C=O) groups is 1. The monoisotopic (exact) mass is 325 g/mol. The zero-order chi connectivity index (χ0) is 17.9. The summed E-state index contributed by atoms with van der Waals surface area (Å²) in [7, 11) is 5.66. The van der Waals surface area contributed by atoms with Crippen molar-refractivity contribution in [2.75, 3.05) is 0 Å².